The molecule has 1 aromatic rings. The van der Waals surface area contributed by atoms with Crippen molar-refractivity contribution in [3.63, 3.8) is 0 Å². The van der Waals surface area contributed by atoms with Crippen LogP contribution in [0.3, 0.4) is 0 Å². The highest BCUT2D eigenvalue weighted by Gasteiger charge is 2.33. The average Bonchev–Trinajstić information content (AvgIpc) is 2.33. The van der Waals surface area contributed by atoms with Gasteiger partial charge in [-0.1, -0.05) is 43.6 Å². The first-order chi connectivity index (χ1) is 9.41. The summed E-state index contributed by atoms with van der Waals surface area (Å²) in [6.45, 7) is 8.33. The maximum Gasteiger partial charge on any atom is 0.330 e. The predicted molar refractivity (Wildman–Crippen MR) is 94.2 cm³/mol. The topological polar surface area (TPSA) is 43.4 Å². The van der Waals surface area contributed by atoms with Gasteiger partial charge >= 0.3 is 7.48 Å². The number of sulfone groups is 1. The van der Waals surface area contributed by atoms with Crippen molar-refractivity contribution in [3.05, 3.63) is 29.8 Å². The first-order valence-electron chi connectivity index (χ1n) is 6.97. The maximum absolute atomic E-state index is 11.2. The zero-order valence-corrected chi connectivity index (χ0v) is 15.5. The van der Waals surface area contributed by atoms with E-state index in [1.165, 1.54) is 6.26 Å². The first-order valence-corrected chi connectivity index (χ1v) is 9.61. The summed E-state index contributed by atoms with van der Waals surface area (Å²) in [6.07, 6.45) is 1.81. The van der Waals surface area contributed by atoms with Gasteiger partial charge in [0.05, 0.1) is 11.4 Å². The molecular formula is C15H25BO3PS. The minimum atomic E-state index is -2.91. The van der Waals surface area contributed by atoms with E-state index in [4.69, 9.17) is 4.65 Å². The van der Waals surface area contributed by atoms with Gasteiger partial charge in [-0.25, -0.2) is 8.42 Å². The maximum atomic E-state index is 11.2. The lowest BCUT2D eigenvalue weighted by molar-refractivity contribution is 0.0841. The summed E-state index contributed by atoms with van der Waals surface area (Å²) in [5.41, 5.74) is 1.69. The van der Waals surface area contributed by atoms with Crippen molar-refractivity contribution < 1.29 is 13.1 Å². The fraction of sp³-hybridized carbons (Fsp3) is 0.600. The Kier molecular flexibility index (Phi) is 6.05. The first kappa shape index (κ1) is 18.7. The number of hydrogen-bond donors (Lipinski definition) is 0. The van der Waals surface area contributed by atoms with Crippen LogP contribution in [0.25, 0.3) is 0 Å². The molecule has 3 nitrogen and oxygen atoms in total. The highest BCUT2D eigenvalue weighted by Crippen LogP contribution is 2.32. The summed E-state index contributed by atoms with van der Waals surface area (Å²) >= 11 is 0. The molecule has 0 aliphatic rings. The van der Waals surface area contributed by atoms with E-state index >= 15 is 0 Å². The molecule has 0 bridgehead atoms. The molecule has 21 heavy (non-hydrogen) atoms. The summed E-state index contributed by atoms with van der Waals surface area (Å²) in [4.78, 5) is 0. The molecule has 1 rings (SSSR count). The van der Waals surface area contributed by atoms with E-state index < -0.39 is 9.84 Å². The van der Waals surface area contributed by atoms with Crippen molar-refractivity contribution in [2.24, 2.45) is 0 Å². The Morgan fingerprint density at radius 1 is 1.14 bits per heavy atom. The third kappa shape index (κ3) is 6.50. The van der Waals surface area contributed by atoms with Gasteiger partial charge in [0.25, 0.3) is 0 Å². The lowest BCUT2D eigenvalue weighted by Crippen LogP contribution is -2.45. The number of rotatable bonds is 7. The van der Waals surface area contributed by atoms with Gasteiger partial charge in [-0.05, 0) is 25.8 Å². The average molecular weight is 327 g/mol. The fourth-order valence-corrected chi connectivity index (χ4v) is 2.11. The lowest BCUT2D eigenvalue weighted by atomic mass is 9.83. The Hall–Kier alpha value is -0.375. The molecule has 0 aliphatic heterocycles. The van der Waals surface area contributed by atoms with Crippen LogP contribution in [0.2, 0.25) is 0 Å². The van der Waals surface area contributed by atoms with Crippen LogP contribution in [0.4, 0.5) is 0 Å². The molecule has 0 amide bonds. The van der Waals surface area contributed by atoms with Crippen LogP contribution >= 0.6 is 9.24 Å². The Morgan fingerprint density at radius 2 is 1.67 bits per heavy atom. The van der Waals surface area contributed by atoms with E-state index in [0.29, 0.717) is 6.42 Å². The Bertz CT molecular complexity index is 560. The van der Waals surface area contributed by atoms with Crippen LogP contribution in [0.1, 0.15) is 33.3 Å². The van der Waals surface area contributed by atoms with Crippen LogP contribution in [0, 0.1) is 0 Å². The summed E-state index contributed by atoms with van der Waals surface area (Å²) in [7, 11) is 1.65. The molecule has 0 heterocycles. The number of aryl methyl sites for hydroxylation is 1. The van der Waals surface area contributed by atoms with Gasteiger partial charge in [0.15, 0.2) is 0 Å². The highest BCUT2D eigenvalue weighted by atomic mass is 32.2. The molecule has 0 N–H and O–H groups in total. The van der Waals surface area contributed by atoms with Crippen molar-refractivity contribution in [1.82, 2.24) is 0 Å². The Labute approximate surface area is 132 Å². The summed E-state index contributed by atoms with van der Waals surface area (Å²) in [5.74, 6) is 0.181. The lowest BCUT2D eigenvalue weighted by Gasteiger charge is -2.39. The van der Waals surface area contributed by atoms with Gasteiger partial charge in [0.2, 0.25) is 0 Å². The summed E-state index contributed by atoms with van der Waals surface area (Å²) < 4.78 is 28.2. The van der Waals surface area contributed by atoms with Gasteiger partial charge in [-0.2, -0.15) is 0 Å². The molecule has 0 saturated heterocycles. The second-order valence-electron chi connectivity index (χ2n) is 6.59. The van der Waals surface area contributed by atoms with Crippen molar-refractivity contribution in [2.75, 3.05) is 12.0 Å². The van der Waals surface area contributed by atoms with Gasteiger partial charge in [0, 0.05) is 11.4 Å². The molecule has 1 atom stereocenters. The molecule has 117 valence electrons. The number of hydrogen-bond acceptors (Lipinski definition) is 3. The SMILES string of the molecule is CC(C)(P)C(C)(C)O[B]c1ccc(CCS(C)(=O)=O)cc1. The van der Waals surface area contributed by atoms with E-state index in [-0.39, 0.29) is 16.5 Å². The van der Waals surface area contributed by atoms with Gasteiger partial charge in [-0.15, -0.1) is 9.24 Å². The Morgan fingerprint density at radius 3 is 2.10 bits per heavy atom. The normalized spacial score (nSPS) is 13.2. The molecule has 1 unspecified atom stereocenters. The third-order valence-corrected chi connectivity index (χ3v) is 5.42. The summed E-state index contributed by atoms with van der Waals surface area (Å²) in [6, 6.07) is 7.78. The van der Waals surface area contributed by atoms with E-state index in [1.807, 2.05) is 24.3 Å². The standard InChI is InChI=1S/C15H25BO3PS/c1-14(2,15(3,4)20)19-16-13-8-6-12(7-9-13)10-11-21(5,17)18/h6-9H,10-11,20H2,1-5H3. The van der Waals surface area contributed by atoms with Crippen LogP contribution in [-0.4, -0.2) is 38.7 Å². The van der Waals surface area contributed by atoms with E-state index in [9.17, 15) is 8.42 Å². The van der Waals surface area contributed by atoms with Crippen LogP contribution in [-0.2, 0) is 20.9 Å². The van der Waals surface area contributed by atoms with Gasteiger partial charge < -0.3 is 4.65 Å². The summed E-state index contributed by atoms with van der Waals surface area (Å²) in [5, 5.41) is -0.0427. The minimum absolute atomic E-state index is 0.0427. The quantitative estimate of drug-likeness (QED) is 0.568. The zero-order chi connectivity index (χ0) is 16.3. The van der Waals surface area contributed by atoms with Gasteiger partial charge in [0.1, 0.15) is 9.84 Å². The van der Waals surface area contributed by atoms with Crippen molar-refractivity contribution in [3.8, 4) is 0 Å². The largest absolute Gasteiger partial charge is 0.429 e. The molecule has 0 fully saturated rings. The molecule has 0 aromatic heterocycles. The second-order valence-corrected chi connectivity index (χ2v) is 10.3. The van der Waals surface area contributed by atoms with E-state index in [0.717, 1.165) is 11.0 Å². The predicted octanol–water partition coefficient (Wildman–Crippen LogP) is 1.97. The fourth-order valence-electron chi connectivity index (χ4n) is 1.43. The van der Waals surface area contributed by atoms with Gasteiger partial charge in [-0.3, -0.25) is 0 Å². The third-order valence-electron chi connectivity index (χ3n) is 3.78. The number of benzene rings is 1. The van der Waals surface area contributed by atoms with E-state index in [2.05, 4.69) is 36.9 Å². The van der Waals surface area contributed by atoms with E-state index in [1.54, 1.807) is 7.48 Å². The molecule has 6 heteroatoms. The van der Waals surface area contributed by atoms with Crippen LogP contribution < -0.4 is 5.46 Å². The van der Waals surface area contributed by atoms with Crippen LogP contribution in [0.5, 0.6) is 0 Å². The molecule has 0 aliphatic carbocycles. The van der Waals surface area contributed by atoms with Crippen molar-refractivity contribution in [1.29, 1.82) is 0 Å². The minimum Gasteiger partial charge on any atom is -0.429 e. The van der Waals surface area contributed by atoms with Crippen LogP contribution in [0.15, 0.2) is 24.3 Å². The smallest absolute Gasteiger partial charge is 0.330 e. The molecule has 0 saturated carbocycles. The monoisotopic (exact) mass is 327 g/mol. The zero-order valence-electron chi connectivity index (χ0n) is 13.5. The molecule has 0 spiro atoms. The molecule has 1 radical (unpaired) electrons. The molecule has 1 aromatic carbocycles. The Balaban J connectivity index is 2.60. The highest BCUT2D eigenvalue weighted by molar-refractivity contribution is 7.90. The van der Waals surface area contributed by atoms with Crippen molar-refractivity contribution in [2.45, 2.75) is 44.9 Å². The molecular weight excluding hydrogens is 302 g/mol. The second kappa shape index (κ2) is 6.81. The van der Waals surface area contributed by atoms with Crippen molar-refractivity contribution >= 4 is 32.0 Å².